The van der Waals surface area contributed by atoms with Gasteiger partial charge in [-0.05, 0) is 43.9 Å². The van der Waals surface area contributed by atoms with E-state index in [0.717, 1.165) is 30.6 Å². The first-order chi connectivity index (χ1) is 9.11. The fourth-order valence-electron chi connectivity index (χ4n) is 1.76. The van der Waals surface area contributed by atoms with Gasteiger partial charge in [0.2, 0.25) is 5.91 Å². The molecule has 2 N–H and O–H groups in total. The van der Waals surface area contributed by atoms with Crippen LogP contribution in [-0.4, -0.2) is 30.8 Å². The van der Waals surface area contributed by atoms with Crippen molar-refractivity contribution in [3.63, 3.8) is 0 Å². The maximum atomic E-state index is 11.6. The molecular formula is C15H23NO3. The average Bonchev–Trinajstić information content (AvgIpc) is 2.41. The first kappa shape index (κ1) is 15.5. The fourth-order valence-corrected chi connectivity index (χ4v) is 1.76. The predicted molar refractivity (Wildman–Crippen MR) is 75.2 cm³/mol. The first-order valence-electron chi connectivity index (χ1n) is 6.69. The average molecular weight is 265 g/mol. The molecule has 19 heavy (non-hydrogen) atoms. The summed E-state index contributed by atoms with van der Waals surface area (Å²) < 4.78 is 5.08. The zero-order valence-electron chi connectivity index (χ0n) is 11.7. The second-order valence-electron chi connectivity index (χ2n) is 4.69. The van der Waals surface area contributed by atoms with Crippen LogP contribution in [0.5, 0.6) is 5.75 Å². The number of ether oxygens (including phenoxy) is 1. The molecule has 0 fully saturated rings. The number of benzene rings is 1. The van der Waals surface area contributed by atoms with E-state index < -0.39 is 0 Å². The van der Waals surface area contributed by atoms with E-state index >= 15 is 0 Å². The molecule has 0 aliphatic rings. The van der Waals surface area contributed by atoms with Crippen LogP contribution >= 0.6 is 0 Å². The Bertz CT molecular complexity index is 373. The van der Waals surface area contributed by atoms with Crippen LogP contribution in [0.15, 0.2) is 24.3 Å². The van der Waals surface area contributed by atoms with Crippen molar-refractivity contribution in [2.75, 3.05) is 13.7 Å². The zero-order valence-corrected chi connectivity index (χ0v) is 11.7. The van der Waals surface area contributed by atoms with E-state index in [2.05, 4.69) is 5.32 Å². The van der Waals surface area contributed by atoms with Gasteiger partial charge in [0.05, 0.1) is 13.2 Å². The number of aliphatic hydroxyl groups excluding tert-OH is 1. The van der Waals surface area contributed by atoms with E-state index in [4.69, 9.17) is 9.84 Å². The second-order valence-corrected chi connectivity index (χ2v) is 4.69. The monoisotopic (exact) mass is 265 g/mol. The summed E-state index contributed by atoms with van der Waals surface area (Å²) in [6, 6.07) is 7.74. The molecule has 0 saturated heterocycles. The van der Waals surface area contributed by atoms with Gasteiger partial charge in [0.1, 0.15) is 5.75 Å². The van der Waals surface area contributed by atoms with E-state index in [-0.39, 0.29) is 12.0 Å². The van der Waals surface area contributed by atoms with Crippen LogP contribution in [0.25, 0.3) is 0 Å². The minimum Gasteiger partial charge on any atom is -0.497 e. The summed E-state index contributed by atoms with van der Waals surface area (Å²) in [7, 11) is 1.63. The number of amides is 1. The van der Waals surface area contributed by atoms with Gasteiger partial charge in [0.25, 0.3) is 0 Å². The maximum Gasteiger partial charge on any atom is 0.220 e. The van der Waals surface area contributed by atoms with Crippen molar-refractivity contribution >= 4 is 5.91 Å². The molecule has 0 saturated carbocycles. The highest BCUT2D eigenvalue weighted by molar-refractivity contribution is 5.76. The normalized spacial score (nSPS) is 11.9. The molecule has 4 nitrogen and oxygen atoms in total. The van der Waals surface area contributed by atoms with Crippen molar-refractivity contribution in [3.8, 4) is 5.75 Å². The van der Waals surface area contributed by atoms with E-state index in [1.54, 1.807) is 14.0 Å². The minimum absolute atomic E-state index is 0.0569. The molecule has 0 aliphatic heterocycles. The molecule has 1 unspecified atom stereocenters. The van der Waals surface area contributed by atoms with Crippen molar-refractivity contribution in [3.05, 3.63) is 29.8 Å². The van der Waals surface area contributed by atoms with Crippen LogP contribution in [0.2, 0.25) is 0 Å². The topological polar surface area (TPSA) is 58.6 Å². The van der Waals surface area contributed by atoms with Crippen molar-refractivity contribution in [1.82, 2.24) is 5.32 Å². The molecule has 0 bridgehead atoms. The molecule has 0 heterocycles. The summed E-state index contributed by atoms with van der Waals surface area (Å²) in [5.74, 6) is 0.882. The first-order valence-corrected chi connectivity index (χ1v) is 6.69. The lowest BCUT2D eigenvalue weighted by Gasteiger charge is -2.07. The Morgan fingerprint density at radius 2 is 2.05 bits per heavy atom. The highest BCUT2D eigenvalue weighted by Crippen LogP contribution is 2.12. The summed E-state index contributed by atoms with van der Waals surface area (Å²) >= 11 is 0. The van der Waals surface area contributed by atoms with Crippen LogP contribution < -0.4 is 10.1 Å². The molecule has 1 aromatic carbocycles. The van der Waals surface area contributed by atoms with E-state index in [1.807, 2.05) is 24.3 Å². The molecule has 1 rings (SSSR count). The van der Waals surface area contributed by atoms with Crippen molar-refractivity contribution in [2.45, 2.75) is 38.7 Å². The lowest BCUT2D eigenvalue weighted by atomic mass is 10.1. The number of carbonyl (C=O) groups is 1. The number of carbonyl (C=O) groups excluding carboxylic acids is 1. The third-order valence-electron chi connectivity index (χ3n) is 2.92. The molecule has 1 atom stereocenters. The Balaban J connectivity index is 2.18. The van der Waals surface area contributed by atoms with Gasteiger partial charge in [0, 0.05) is 13.0 Å². The number of methoxy groups -OCH3 is 1. The van der Waals surface area contributed by atoms with Crippen LogP contribution in [0.3, 0.4) is 0 Å². The molecule has 0 aromatic heterocycles. The van der Waals surface area contributed by atoms with Gasteiger partial charge in [-0.1, -0.05) is 12.1 Å². The van der Waals surface area contributed by atoms with Gasteiger partial charge in [0.15, 0.2) is 0 Å². The summed E-state index contributed by atoms with van der Waals surface area (Å²) in [6.45, 7) is 2.39. The van der Waals surface area contributed by atoms with Crippen molar-refractivity contribution in [2.24, 2.45) is 0 Å². The largest absolute Gasteiger partial charge is 0.497 e. The SMILES string of the molecule is COc1ccc(CCC(=O)NCCCC(C)O)cc1. The number of aliphatic hydroxyl groups is 1. The quantitative estimate of drug-likeness (QED) is 0.706. The third-order valence-corrected chi connectivity index (χ3v) is 2.92. The number of aryl methyl sites for hydroxylation is 1. The number of hydrogen-bond donors (Lipinski definition) is 2. The van der Waals surface area contributed by atoms with Crippen LogP contribution in [0.4, 0.5) is 0 Å². The zero-order chi connectivity index (χ0) is 14.1. The van der Waals surface area contributed by atoms with Crippen LogP contribution in [0, 0.1) is 0 Å². The van der Waals surface area contributed by atoms with Gasteiger partial charge >= 0.3 is 0 Å². The Morgan fingerprint density at radius 3 is 2.63 bits per heavy atom. The third kappa shape index (κ3) is 6.82. The van der Waals surface area contributed by atoms with Crippen molar-refractivity contribution < 1.29 is 14.6 Å². The molecule has 0 aliphatic carbocycles. The number of hydrogen-bond acceptors (Lipinski definition) is 3. The molecular weight excluding hydrogens is 242 g/mol. The highest BCUT2D eigenvalue weighted by Gasteiger charge is 2.03. The minimum atomic E-state index is -0.295. The van der Waals surface area contributed by atoms with E-state index in [1.165, 1.54) is 0 Å². The van der Waals surface area contributed by atoms with Gasteiger partial charge in [-0.2, -0.15) is 0 Å². The van der Waals surface area contributed by atoms with Crippen LogP contribution in [0.1, 0.15) is 31.7 Å². The second kappa shape index (κ2) is 8.53. The lowest BCUT2D eigenvalue weighted by molar-refractivity contribution is -0.121. The van der Waals surface area contributed by atoms with Crippen molar-refractivity contribution in [1.29, 1.82) is 0 Å². The molecule has 0 spiro atoms. The Kier molecular flexibility index (Phi) is 6.97. The summed E-state index contributed by atoms with van der Waals surface area (Å²) in [5, 5.41) is 11.9. The fraction of sp³-hybridized carbons (Fsp3) is 0.533. The van der Waals surface area contributed by atoms with Crippen LogP contribution in [-0.2, 0) is 11.2 Å². The van der Waals surface area contributed by atoms with E-state index in [0.29, 0.717) is 13.0 Å². The van der Waals surface area contributed by atoms with Gasteiger partial charge in [-0.15, -0.1) is 0 Å². The molecule has 4 heteroatoms. The molecule has 1 aromatic rings. The Labute approximate surface area is 114 Å². The summed E-state index contributed by atoms with van der Waals surface area (Å²) in [4.78, 5) is 11.6. The van der Waals surface area contributed by atoms with Gasteiger partial charge in [-0.3, -0.25) is 4.79 Å². The highest BCUT2D eigenvalue weighted by atomic mass is 16.5. The smallest absolute Gasteiger partial charge is 0.220 e. The molecule has 106 valence electrons. The number of nitrogens with one attached hydrogen (secondary N) is 1. The Morgan fingerprint density at radius 1 is 1.37 bits per heavy atom. The lowest BCUT2D eigenvalue weighted by Crippen LogP contribution is -2.25. The van der Waals surface area contributed by atoms with Gasteiger partial charge < -0.3 is 15.2 Å². The van der Waals surface area contributed by atoms with E-state index in [9.17, 15) is 4.79 Å². The molecule has 1 amide bonds. The van der Waals surface area contributed by atoms with Gasteiger partial charge in [-0.25, -0.2) is 0 Å². The standard InChI is InChI=1S/C15H23NO3/c1-12(17)4-3-11-16-15(18)10-7-13-5-8-14(19-2)9-6-13/h5-6,8-9,12,17H,3-4,7,10-11H2,1-2H3,(H,16,18). The maximum absolute atomic E-state index is 11.6. The predicted octanol–water partition coefficient (Wildman–Crippen LogP) is 1.90. The Hall–Kier alpha value is -1.55. The molecule has 0 radical (unpaired) electrons. The summed E-state index contributed by atoms with van der Waals surface area (Å²) in [5.41, 5.74) is 1.12. The number of rotatable bonds is 8. The summed E-state index contributed by atoms with van der Waals surface area (Å²) in [6.07, 6.45) is 2.45.